The summed E-state index contributed by atoms with van der Waals surface area (Å²) in [6.07, 6.45) is 1.06. The number of hydrogen-bond acceptors (Lipinski definition) is 5. The van der Waals surface area contributed by atoms with Crippen molar-refractivity contribution >= 4 is 260 Å². The largest absolute Gasteiger partial charge is 0.456 e. The Balaban J connectivity index is 0.0000000887. The van der Waals surface area contributed by atoms with Gasteiger partial charge in [0.1, 0.15) is 27.9 Å². The van der Waals surface area contributed by atoms with Crippen molar-refractivity contribution in [3.05, 3.63) is 375 Å². The summed E-state index contributed by atoms with van der Waals surface area (Å²) in [5.41, 5.74) is 27.2. The van der Waals surface area contributed by atoms with Crippen molar-refractivity contribution in [3.8, 4) is 11.1 Å². The van der Waals surface area contributed by atoms with Crippen LogP contribution in [0.2, 0.25) is 0 Å². The van der Waals surface area contributed by atoms with Crippen LogP contribution in [0, 0.1) is 0 Å². The minimum Gasteiger partial charge on any atom is -0.456 e. The highest BCUT2D eigenvalue weighted by Crippen LogP contribution is 2.51. The Morgan fingerprint density at radius 1 is 0.221 bits per heavy atom. The molecule has 0 saturated heterocycles. The van der Waals surface area contributed by atoms with E-state index < -0.39 is 0 Å². The molecular weight excluding hydrogens is 1750 g/mol. The van der Waals surface area contributed by atoms with Crippen molar-refractivity contribution in [1.29, 1.82) is 0 Å². The van der Waals surface area contributed by atoms with Crippen LogP contribution >= 0.6 is 22.7 Å². The third-order valence-corrected chi connectivity index (χ3v) is 31.3. The molecule has 0 saturated carbocycles. The van der Waals surface area contributed by atoms with Crippen molar-refractivity contribution in [2.24, 2.45) is 0 Å². The first-order valence-electron chi connectivity index (χ1n) is 49.4. The highest BCUT2D eigenvalue weighted by molar-refractivity contribution is 7.26. The van der Waals surface area contributed by atoms with E-state index in [-0.39, 0.29) is 11.1 Å². The Labute approximate surface area is 819 Å². The Morgan fingerprint density at radius 3 is 1.19 bits per heavy atom. The smallest absolute Gasteiger partial charge is 0.159 e. The molecule has 11 heteroatoms. The lowest BCUT2D eigenvalue weighted by molar-refractivity contribution is 0.422. The van der Waals surface area contributed by atoms with Crippen LogP contribution in [-0.4, -0.2) is 27.4 Å². The summed E-state index contributed by atoms with van der Waals surface area (Å²) in [7, 11) is 0. The van der Waals surface area contributed by atoms with Crippen LogP contribution in [0.4, 0.5) is 0 Å². The maximum Gasteiger partial charge on any atom is 0.159 e. The minimum absolute atomic E-state index is 0.0331. The molecule has 140 heavy (non-hydrogen) atoms. The van der Waals surface area contributed by atoms with E-state index in [1.165, 1.54) is 226 Å². The Hall–Kier alpha value is -15.4. The van der Waals surface area contributed by atoms with Crippen molar-refractivity contribution in [2.45, 2.75) is 139 Å². The third-order valence-electron chi connectivity index (χ3n) is 29.0. The molecule has 1 aliphatic rings. The van der Waals surface area contributed by atoms with Crippen LogP contribution in [0.25, 0.3) is 248 Å². The standard InChI is InChI=1S/C22H19NO.C22H19NS.C22H19N.2C21H17NO.C21H17NS/c1-22(2,3)23-18-10-6-4-8-14(18)16-12-13-17-15-9-5-7-11-19(15)24-21(17)20(16)23;1-22(2,3)23-18-10-6-4-8-14(18)16-13-21-17(12-19(16)23)15-9-5-7-11-20(15)24-21;1-14(2)23-19-10-6-5-9-18(19)22-20(23)12-11-16-13-15-7-3-4-8-17(15)21(16)22;1-13(2)22-17-9-5-3-8-16(17)20-18(22)12-11-15-14-7-4-6-10-19(14)23-21(15)20;1-13(2)22-17-9-5-3-7-14(17)15-11-12-19-20(21(15)22)16-8-4-6-10-18(16)23-19;1-13(2)22-18-9-5-3-7-14(18)16-11-17-15-8-4-6-10-20(15)23-21(17)12-19(16)22/h2*4-13H,1-3H3;3-12,14H,13H2,1-2H3;3*3-13H,1-2H3. The Kier molecular flexibility index (Phi) is 20.4. The van der Waals surface area contributed by atoms with E-state index >= 15 is 0 Å². The summed E-state index contributed by atoms with van der Waals surface area (Å²) in [5.74, 6) is 0. The fourth-order valence-corrected chi connectivity index (χ4v) is 25.8. The number of aromatic nitrogens is 6. The summed E-state index contributed by atoms with van der Waals surface area (Å²) < 4.78 is 38.8. The van der Waals surface area contributed by atoms with Gasteiger partial charge in [-0.25, -0.2) is 0 Å². The van der Waals surface area contributed by atoms with Crippen LogP contribution in [0.3, 0.4) is 0 Å². The summed E-state index contributed by atoms with van der Waals surface area (Å²) in [6, 6.07) is 133. The maximum absolute atomic E-state index is 6.31. The minimum atomic E-state index is -0.0331. The summed E-state index contributed by atoms with van der Waals surface area (Å²) in [6.45, 7) is 31.6. The van der Waals surface area contributed by atoms with Crippen LogP contribution in [0.5, 0.6) is 0 Å². The van der Waals surface area contributed by atoms with Crippen LogP contribution in [-0.2, 0) is 17.5 Å². The molecule has 0 unspecified atom stereocenters. The number of para-hydroxylation sites is 9. The zero-order valence-corrected chi connectivity index (χ0v) is 83.0. The molecule has 0 bridgehead atoms. The number of hydrogen-bond donors (Lipinski definition) is 0. The van der Waals surface area contributed by atoms with Gasteiger partial charge in [-0.05, 0) is 253 Å². The quantitative estimate of drug-likeness (QED) is 0.176. The topological polar surface area (TPSA) is 69.0 Å². The molecule has 18 aromatic carbocycles. The highest BCUT2D eigenvalue weighted by atomic mass is 32.1. The Bertz CT molecular complexity index is 10000. The van der Waals surface area contributed by atoms with E-state index in [1.54, 1.807) is 0 Å². The average molecular weight is 1850 g/mol. The number of furan rings is 3. The number of nitrogens with zero attached hydrogens (tertiary/aromatic N) is 6. The number of rotatable bonds is 4. The summed E-state index contributed by atoms with van der Waals surface area (Å²) >= 11 is 3.79. The number of fused-ring (bicyclic) bond motifs is 40. The lowest BCUT2D eigenvalue weighted by Crippen LogP contribution is -2.21. The van der Waals surface area contributed by atoms with Crippen molar-refractivity contribution in [1.82, 2.24) is 27.4 Å². The van der Waals surface area contributed by atoms with E-state index in [9.17, 15) is 0 Å². The van der Waals surface area contributed by atoms with Gasteiger partial charge in [0.2, 0.25) is 0 Å². The molecule has 9 nitrogen and oxygen atoms in total. The summed E-state index contributed by atoms with van der Waals surface area (Å²) in [5, 5.41) is 28.5. The van der Waals surface area contributed by atoms with Gasteiger partial charge in [0.25, 0.3) is 0 Å². The number of thiophene rings is 2. The molecule has 0 atom stereocenters. The van der Waals surface area contributed by atoms with Crippen molar-refractivity contribution in [2.75, 3.05) is 0 Å². The lowest BCUT2D eigenvalue weighted by Gasteiger charge is -2.24. The van der Waals surface area contributed by atoms with Crippen molar-refractivity contribution < 1.29 is 13.3 Å². The van der Waals surface area contributed by atoms with E-state index in [0.29, 0.717) is 24.2 Å². The van der Waals surface area contributed by atoms with Gasteiger partial charge in [0.15, 0.2) is 5.58 Å². The second kappa shape index (κ2) is 33.2. The molecule has 684 valence electrons. The monoisotopic (exact) mass is 1850 g/mol. The molecule has 0 aliphatic heterocycles. The molecule has 1 aliphatic carbocycles. The van der Waals surface area contributed by atoms with E-state index in [4.69, 9.17) is 13.3 Å². The molecular formula is C129H108N6O3S2. The number of benzene rings is 18. The van der Waals surface area contributed by atoms with Crippen LogP contribution in [0.1, 0.15) is 132 Å². The van der Waals surface area contributed by atoms with Gasteiger partial charge in [-0.2, -0.15) is 0 Å². The predicted octanol–water partition coefficient (Wildman–Crippen LogP) is 38.6. The van der Waals surface area contributed by atoms with Crippen LogP contribution < -0.4 is 0 Å². The average Bonchev–Trinajstić information content (AvgIpc) is 1.56. The molecule has 0 spiro atoms. The van der Waals surface area contributed by atoms with Crippen molar-refractivity contribution in [3.63, 3.8) is 0 Å². The maximum atomic E-state index is 6.31. The van der Waals surface area contributed by atoms with Gasteiger partial charge < -0.3 is 40.7 Å². The van der Waals surface area contributed by atoms with E-state index in [2.05, 4.69) is 452 Å². The predicted molar refractivity (Wildman–Crippen MR) is 604 cm³/mol. The fraction of sp³-hybridized carbons (Fsp3) is 0.163. The molecule has 29 aromatic rings. The molecule has 0 amide bonds. The highest BCUT2D eigenvalue weighted by Gasteiger charge is 2.30. The van der Waals surface area contributed by atoms with Gasteiger partial charge in [0, 0.05) is 200 Å². The Morgan fingerprint density at radius 2 is 0.607 bits per heavy atom. The molecule has 11 heterocycles. The second-order valence-electron chi connectivity index (χ2n) is 41.0. The lowest BCUT2D eigenvalue weighted by atomic mass is 9.99. The zero-order chi connectivity index (χ0) is 95.2. The molecule has 0 fully saturated rings. The van der Waals surface area contributed by atoms with E-state index in [0.717, 1.165) is 39.9 Å². The fourth-order valence-electron chi connectivity index (χ4n) is 23.5. The van der Waals surface area contributed by atoms with Gasteiger partial charge in [0.05, 0.1) is 38.4 Å². The molecule has 0 radical (unpaired) electrons. The van der Waals surface area contributed by atoms with Gasteiger partial charge in [-0.3, -0.25) is 0 Å². The first-order chi connectivity index (χ1) is 68.1. The molecule has 30 rings (SSSR count). The normalized spacial score (nSPS) is 12.6. The summed E-state index contributed by atoms with van der Waals surface area (Å²) in [4.78, 5) is 0. The second-order valence-corrected chi connectivity index (χ2v) is 43.2. The first kappa shape index (κ1) is 86.2. The molecule has 0 N–H and O–H groups in total. The van der Waals surface area contributed by atoms with Gasteiger partial charge >= 0.3 is 0 Å². The SMILES string of the molecule is CC(C)(C)n1c2ccccc2c2cc3sc4ccccc4c3cc21.CC(C)(C)n1c2ccccc2c2ccc3c4ccccc4oc3c21.CC(C)n1c2ccccc2c2c3c(ccc21)Cc1ccccc1-3.CC(C)n1c2ccccc2c2c3oc4ccccc4c3ccc21.CC(C)n1c2ccccc2c2cc3c(cc21)sc1ccccc13.CC(C)n1c2ccccc2c2ccc3oc4ccccc4c3c21. The first-order valence-corrected chi connectivity index (χ1v) is 51.0. The van der Waals surface area contributed by atoms with Gasteiger partial charge in [-0.15, -0.1) is 22.7 Å². The molecule has 11 aromatic heterocycles. The third kappa shape index (κ3) is 13.6. The van der Waals surface area contributed by atoms with Crippen LogP contribution in [0.15, 0.2) is 377 Å². The van der Waals surface area contributed by atoms with Gasteiger partial charge in [-0.1, -0.05) is 237 Å². The van der Waals surface area contributed by atoms with E-state index in [1.807, 2.05) is 59.1 Å². The zero-order valence-electron chi connectivity index (χ0n) is 81.4.